The Morgan fingerprint density at radius 3 is 3.20 bits per heavy atom. The van der Waals surface area contributed by atoms with Crippen LogP contribution >= 0.6 is 0 Å². The van der Waals surface area contributed by atoms with Gasteiger partial charge in [-0.1, -0.05) is 5.16 Å². The van der Waals surface area contributed by atoms with Crippen molar-refractivity contribution >= 4 is 0 Å². The van der Waals surface area contributed by atoms with Gasteiger partial charge in [-0.15, -0.1) is 0 Å². The molecule has 108 valence electrons. The fraction of sp³-hybridized carbons (Fsp3) is 0.571. The lowest BCUT2D eigenvalue weighted by molar-refractivity contribution is 0.130. The van der Waals surface area contributed by atoms with Crippen molar-refractivity contribution in [1.82, 2.24) is 15.0 Å². The van der Waals surface area contributed by atoms with Crippen LogP contribution in [0.2, 0.25) is 0 Å². The van der Waals surface area contributed by atoms with Gasteiger partial charge in [-0.05, 0) is 43.9 Å². The van der Waals surface area contributed by atoms with Crippen LogP contribution in [0.3, 0.4) is 0 Å². The molecule has 0 spiro atoms. The molecule has 2 aromatic heterocycles. The van der Waals surface area contributed by atoms with Crippen LogP contribution < -0.4 is 0 Å². The van der Waals surface area contributed by atoms with Gasteiger partial charge >= 0.3 is 0 Å². The number of hydrogen-bond donors (Lipinski definition) is 1. The summed E-state index contributed by atoms with van der Waals surface area (Å²) in [5, 5.41) is 13.0. The molecule has 1 fully saturated rings. The quantitative estimate of drug-likeness (QED) is 0.900. The number of nitrogens with zero attached hydrogens (tertiary/aromatic N) is 3. The van der Waals surface area contributed by atoms with Gasteiger partial charge in [0.15, 0.2) is 5.76 Å². The number of likely N-dealkylation sites (tertiary alicyclic amines) is 1. The first kappa shape index (κ1) is 13.3. The summed E-state index contributed by atoms with van der Waals surface area (Å²) in [6.45, 7) is 2.96. The summed E-state index contributed by atoms with van der Waals surface area (Å²) in [6, 6.07) is 3.61. The van der Waals surface area contributed by atoms with Crippen molar-refractivity contribution in [3.8, 4) is 11.6 Å². The standard InChI is InChI=1S/C14H19N3O3/c18-7-5-11-3-1-6-17(9-11)10-13-15-14(16-20-13)12-4-2-8-19-12/h2,4,8,11,18H,1,3,5-7,9-10H2. The Hall–Kier alpha value is -1.66. The van der Waals surface area contributed by atoms with E-state index >= 15 is 0 Å². The summed E-state index contributed by atoms with van der Waals surface area (Å²) in [5.41, 5.74) is 0. The number of hydrogen-bond acceptors (Lipinski definition) is 6. The molecule has 0 aromatic carbocycles. The molecule has 1 aliphatic rings. The summed E-state index contributed by atoms with van der Waals surface area (Å²) >= 11 is 0. The van der Waals surface area contributed by atoms with Gasteiger partial charge < -0.3 is 14.0 Å². The molecular weight excluding hydrogens is 258 g/mol. The SMILES string of the molecule is OCCC1CCCN(Cc2nc(-c3ccco3)no2)C1. The molecule has 1 atom stereocenters. The summed E-state index contributed by atoms with van der Waals surface area (Å²) in [5.74, 6) is 2.30. The maximum Gasteiger partial charge on any atom is 0.241 e. The highest BCUT2D eigenvalue weighted by Crippen LogP contribution is 2.21. The third-order valence-electron chi connectivity index (χ3n) is 3.71. The highest BCUT2D eigenvalue weighted by Gasteiger charge is 2.21. The molecule has 0 amide bonds. The van der Waals surface area contributed by atoms with Crippen LogP contribution in [-0.4, -0.2) is 39.8 Å². The van der Waals surface area contributed by atoms with Crippen molar-refractivity contribution in [3.63, 3.8) is 0 Å². The second kappa shape index (κ2) is 6.19. The second-order valence-corrected chi connectivity index (χ2v) is 5.24. The van der Waals surface area contributed by atoms with Crippen molar-refractivity contribution in [2.75, 3.05) is 19.7 Å². The van der Waals surface area contributed by atoms with Crippen LogP contribution in [0.1, 0.15) is 25.2 Å². The van der Waals surface area contributed by atoms with Crippen LogP contribution in [-0.2, 0) is 6.54 Å². The van der Waals surface area contributed by atoms with Crippen molar-refractivity contribution in [2.24, 2.45) is 5.92 Å². The summed E-state index contributed by atoms with van der Waals surface area (Å²) in [6.07, 6.45) is 4.82. The van der Waals surface area contributed by atoms with Gasteiger partial charge in [-0.25, -0.2) is 0 Å². The monoisotopic (exact) mass is 277 g/mol. The van der Waals surface area contributed by atoms with E-state index in [1.165, 1.54) is 6.42 Å². The molecule has 0 bridgehead atoms. The molecule has 0 saturated carbocycles. The fourth-order valence-electron chi connectivity index (χ4n) is 2.73. The largest absolute Gasteiger partial charge is 0.461 e. The minimum absolute atomic E-state index is 0.266. The van der Waals surface area contributed by atoms with Crippen LogP contribution in [0.4, 0.5) is 0 Å². The lowest BCUT2D eigenvalue weighted by atomic mass is 9.95. The molecular formula is C14H19N3O3. The molecule has 6 nitrogen and oxygen atoms in total. The number of aliphatic hydroxyl groups excluding tert-OH is 1. The maximum absolute atomic E-state index is 9.03. The Kier molecular flexibility index (Phi) is 4.13. The first-order valence-electron chi connectivity index (χ1n) is 7.05. The highest BCUT2D eigenvalue weighted by molar-refractivity contribution is 5.44. The normalized spacial score (nSPS) is 20.4. The Balaban J connectivity index is 1.60. The van der Waals surface area contributed by atoms with Gasteiger partial charge in [-0.3, -0.25) is 4.90 Å². The molecule has 0 radical (unpaired) electrons. The van der Waals surface area contributed by atoms with Crippen LogP contribution in [0.5, 0.6) is 0 Å². The maximum atomic E-state index is 9.03. The third kappa shape index (κ3) is 3.08. The highest BCUT2D eigenvalue weighted by atomic mass is 16.5. The minimum atomic E-state index is 0.266. The summed E-state index contributed by atoms with van der Waals surface area (Å²) < 4.78 is 10.5. The smallest absolute Gasteiger partial charge is 0.241 e. The molecule has 20 heavy (non-hydrogen) atoms. The van der Waals surface area contributed by atoms with E-state index in [1.807, 2.05) is 6.07 Å². The molecule has 2 aromatic rings. The molecule has 6 heteroatoms. The van der Waals surface area contributed by atoms with Crippen molar-refractivity contribution in [2.45, 2.75) is 25.8 Å². The van der Waals surface area contributed by atoms with E-state index in [2.05, 4.69) is 15.0 Å². The number of piperidine rings is 1. The summed E-state index contributed by atoms with van der Waals surface area (Å²) in [4.78, 5) is 6.66. The van der Waals surface area contributed by atoms with E-state index in [-0.39, 0.29) is 6.61 Å². The van der Waals surface area contributed by atoms with E-state index in [1.54, 1.807) is 12.3 Å². The van der Waals surface area contributed by atoms with Gasteiger partial charge in [0, 0.05) is 13.2 Å². The average Bonchev–Trinajstić information content (AvgIpc) is 3.10. The Morgan fingerprint density at radius 2 is 2.40 bits per heavy atom. The number of aromatic nitrogens is 2. The first-order valence-corrected chi connectivity index (χ1v) is 7.05. The zero-order valence-corrected chi connectivity index (χ0v) is 11.4. The Labute approximate surface area is 117 Å². The lowest BCUT2D eigenvalue weighted by Gasteiger charge is -2.31. The molecule has 1 unspecified atom stereocenters. The Bertz CT molecular complexity index is 522. The zero-order chi connectivity index (χ0) is 13.8. The van der Waals surface area contributed by atoms with E-state index in [9.17, 15) is 0 Å². The topological polar surface area (TPSA) is 75.5 Å². The van der Waals surface area contributed by atoms with Gasteiger partial charge in [-0.2, -0.15) is 4.98 Å². The first-order chi connectivity index (χ1) is 9.85. The second-order valence-electron chi connectivity index (χ2n) is 5.24. The summed E-state index contributed by atoms with van der Waals surface area (Å²) in [7, 11) is 0. The van der Waals surface area contributed by atoms with Crippen LogP contribution in [0.15, 0.2) is 27.3 Å². The zero-order valence-electron chi connectivity index (χ0n) is 11.4. The molecule has 3 heterocycles. The molecule has 1 aliphatic heterocycles. The Morgan fingerprint density at radius 1 is 1.45 bits per heavy atom. The average molecular weight is 277 g/mol. The van der Waals surface area contributed by atoms with Crippen LogP contribution in [0.25, 0.3) is 11.6 Å². The van der Waals surface area contributed by atoms with Gasteiger partial charge in [0.05, 0.1) is 12.8 Å². The molecule has 3 rings (SSSR count). The van der Waals surface area contributed by atoms with Crippen LogP contribution in [0, 0.1) is 5.92 Å². The van der Waals surface area contributed by atoms with Crippen molar-refractivity contribution < 1.29 is 14.0 Å². The van der Waals surface area contributed by atoms with E-state index < -0.39 is 0 Å². The predicted octanol–water partition coefficient (Wildman–Crippen LogP) is 1.92. The fourth-order valence-corrected chi connectivity index (χ4v) is 2.73. The minimum Gasteiger partial charge on any atom is -0.461 e. The van der Waals surface area contributed by atoms with Gasteiger partial charge in [0.25, 0.3) is 0 Å². The number of aliphatic hydroxyl groups is 1. The number of furan rings is 1. The van der Waals surface area contributed by atoms with Crippen molar-refractivity contribution in [3.05, 3.63) is 24.3 Å². The number of rotatable bonds is 5. The molecule has 1 N–H and O–H groups in total. The molecule has 0 aliphatic carbocycles. The van der Waals surface area contributed by atoms with Crippen molar-refractivity contribution in [1.29, 1.82) is 0 Å². The van der Waals surface area contributed by atoms with E-state index in [0.717, 1.165) is 25.9 Å². The van der Waals surface area contributed by atoms with E-state index in [0.29, 0.717) is 29.9 Å². The third-order valence-corrected chi connectivity index (χ3v) is 3.71. The van der Waals surface area contributed by atoms with Gasteiger partial charge in [0.1, 0.15) is 0 Å². The van der Waals surface area contributed by atoms with E-state index in [4.69, 9.17) is 14.0 Å². The molecule has 1 saturated heterocycles. The lowest BCUT2D eigenvalue weighted by Crippen LogP contribution is -2.35. The predicted molar refractivity (Wildman–Crippen MR) is 71.7 cm³/mol. The van der Waals surface area contributed by atoms with Gasteiger partial charge in [0.2, 0.25) is 11.7 Å².